The first-order chi connectivity index (χ1) is 8.78. The molecule has 0 aliphatic rings. The molecule has 1 aromatic carbocycles. The van der Waals surface area contributed by atoms with E-state index >= 15 is 0 Å². The fourth-order valence-electron chi connectivity index (χ4n) is 1.93. The van der Waals surface area contributed by atoms with Crippen molar-refractivity contribution < 1.29 is 14.7 Å². The predicted octanol–water partition coefficient (Wildman–Crippen LogP) is 2.75. The van der Waals surface area contributed by atoms with Gasteiger partial charge in [0.05, 0.1) is 6.04 Å². The van der Waals surface area contributed by atoms with Crippen LogP contribution >= 0.6 is 0 Å². The quantitative estimate of drug-likeness (QED) is 0.803. The first-order valence-corrected chi connectivity index (χ1v) is 6.34. The van der Waals surface area contributed by atoms with Gasteiger partial charge >= 0.3 is 5.97 Å². The molecule has 0 aliphatic carbocycles. The second-order valence-electron chi connectivity index (χ2n) is 5.87. The summed E-state index contributed by atoms with van der Waals surface area (Å²) >= 11 is 0. The van der Waals surface area contributed by atoms with Crippen LogP contribution in [0.1, 0.15) is 45.2 Å². The van der Waals surface area contributed by atoms with Crippen molar-refractivity contribution >= 4 is 11.9 Å². The van der Waals surface area contributed by atoms with Gasteiger partial charge in [-0.1, -0.05) is 51.1 Å². The fourth-order valence-corrected chi connectivity index (χ4v) is 1.93. The van der Waals surface area contributed by atoms with Crippen molar-refractivity contribution in [3.8, 4) is 0 Å². The molecule has 0 saturated heterocycles. The minimum absolute atomic E-state index is 0.0387. The molecule has 1 atom stereocenters. The number of nitrogens with one attached hydrogen (secondary N) is 1. The molecule has 0 radical (unpaired) electrons. The number of carbonyl (C=O) groups excluding carboxylic acids is 1. The third-order valence-corrected chi connectivity index (χ3v) is 2.67. The van der Waals surface area contributed by atoms with E-state index in [0.29, 0.717) is 0 Å². The van der Waals surface area contributed by atoms with Gasteiger partial charge in [-0.15, -0.1) is 0 Å². The smallest absolute Gasteiger partial charge is 0.312 e. The Morgan fingerprint density at radius 1 is 1.21 bits per heavy atom. The molecule has 0 bridgehead atoms. The molecule has 2 N–H and O–H groups in total. The summed E-state index contributed by atoms with van der Waals surface area (Å²) in [5.74, 6) is -1.56. The number of aliphatic carboxylic acids is 1. The lowest BCUT2D eigenvalue weighted by molar-refractivity contribution is -0.140. The monoisotopic (exact) mass is 263 g/mol. The highest BCUT2D eigenvalue weighted by atomic mass is 16.4. The van der Waals surface area contributed by atoms with Crippen molar-refractivity contribution in [3.63, 3.8) is 0 Å². The van der Waals surface area contributed by atoms with Gasteiger partial charge in [0.15, 0.2) is 0 Å². The van der Waals surface area contributed by atoms with Gasteiger partial charge in [-0.25, -0.2) is 0 Å². The van der Waals surface area contributed by atoms with Crippen molar-refractivity contribution in [3.05, 3.63) is 35.9 Å². The van der Waals surface area contributed by atoms with Crippen LogP contribution in [0.5, 0.6) is 0 Å². The van der Waals surface area contributed by atoms with E-state index in [1.54, 1.807) is 0 Å². The van der Waals surface area contributed by atoms with Gasteiger partial charge in [-0.05, 0) is 17.4 Å². The SMILES string of the molecule is CC(C)(C)CC(NC(=O)CC(=O)O)c1ccccc1. The number of carboxylic acid groups (broad SMARTS) is 1. The number of rotatable bonds is 5. The molecule has 0 aromatic heterocycles. The molecule has 4 nitrogen and oxygen atoms in total. The summed E-state index contributed by atoms with van der Waals surface area (Å²) < 4.78 is 0. The number of hydrogen-bond donors (Lipinski definition) is 2. The van der Waals surface area contributed by atoms with Gasteiger partial charge < -0.3 is 10.4 Å². The van der Waals surface area contributed by atoms with Gasteiger partial charge in [0.2, 0.25) is 5.91 Å². The molecule has 1 unspecified atom stereocenters. The highest BCUT2D eigenvalue weighted by Gasteiger charge is 2.22. The third kappa shape index (κ3) is 6.04. The topological polar surface area (TPSA) is 66.4 Å². The highest BCUT2D eigenvalue weighted by Crippen LogP contribution is 2.29. The summed E-state index contributed by atoms with van der Waals surface area (Å²) in [6.45, 7) is 6.27. The van der Waals surface area contributed by atoms with Gasteiger partial charge in [-0.3, -0.25) is 9.59 Å². The lowest BCUT2D eigenvalue weighted by atomic mass is 9.85. The summed E-state index contributed by atoms with van der Waals surface area (Å²) in [7, 11) is 0. The van der Waals surface area contributed by atoms with E-state index in [1.165, 1.54) is 0 Å². The molecular formula is C15H21NO3. The third-order valence-electron chi connectivity index (χ3n) is 2.67. The lowest BCUT2D eigenvalue weighted by Crippen LogP contribution is -2.32. The zero-order chi connectivity index (χ0) is 14.5. The zero-order valence-corrected chi connectivity index (χ0v) is 11.6. The van der Waals surface area contributed by atoms with Crippen molar-refractivity contribution in [1.82, 2.24) is 5.32 Å². The van der Waals surface area contributed by atoms with Crippen LogP contribution in [0.2, 0.25) is 0 Å². The van der Waals surface area contributed by atoms with Crippen LogP contribution in [-0.4, -0.2) is 17.0 Å². The molecule has 0 aliphatic heterocycles. The summed E-state index contributed by atoms with van der Waals surface area (Å²) in [6, 6.07) is 9.46. The van der Waals surface area contributed by atoms with E-state index in [-0.39, 0.29) is 11.5 Å². The number of carboxylic acids is 1. The van der Waals surface area contributed by atoms with Crippen LogP contribution in [0.15, 0.2) is 30.3 Å². The Hall–Kier alpha value is -1.84. The van der Waals surface area contributed by atoms with Crippen LogP contribution in [-0.2, 0) is 9.59 Å². The Bertz CT molecular complexity index is 434. The molecule has 1 amide bonds. The van der Waals surface area contributed by atoms with Crippen molar-refractivity contribution in [2.24, 2.45) is 5.41 Å². The Kier molecular flexibility index (Phi) is 5.10. The summed E-state index contributed by atoms with van der Waals surface area (Å²) in [5, 5.41) is 11.4. The normalized spacial score (nSPS) is 12.8. The van der Waals surface area contributed by atoms with E-state index in [2.05, 4.69) is 26.1 Å². The molecule has 0 saturated carbocycles. The Labute approximate surface area is 113 Å². The second-order valence-corrected chi connectivity index (χ2v) is 5.87. The van der Waals surface area contributed by atoms with Gasteiger partial charge in [-0.2, -0.15) is 0 Å². The molecule has 19 heavy (non-hydrogen) atoms. The minimum Gasteiger partial charge on any atom is -0.481 e. The molecular weight excluding hydrogens is 242 g/mol. The summed E-state index contributed by atoms with van der Waals surface area (Å²) in [5.41, 5.74) is 1.04. The Morgan fingerprint density at radius 3 is 2.26 bits per heavy atom. The van der Waals surface area contributed by atoms with Gasteiger partial charge in [0, 0.05) is 0 Å². The van der Waals surface area contributed by atoms with E-state index in [4.69, 9.17) is 5.11 Å². The van der Waals surface area contributed by atoms with Crippen molar-refractivity contribution in [2.45, 2.75) is 39.7 Å². The maximum absolute atomic E-state index is 11.6. The van der Waals surface area contributed by atoms with Gasteiger partial charge in [0.1, 0.15) is 6.42 Å². The maximum atomic E-state index is 11.6. The van der Waals surface area contributed by atoms with Gasteiger partial charge in [0.25, 0.3) is 0 Å². The largest absolute Gasteiger partial charge is 0.481 e. The predicted molar refractivity (Wildman–Crippen MR) is 73.7 cm³/mol. The van der Waals surface area contributed by atoms with E-state index in [1.807, 2.05) is 30.3 Å². The first-order valence-electron chi connectivity index (χ1n) is 6.34. The van der Waals surface area contributed by atoms with Crippen LogP contribution in [0, 0.1) is 5.41 Å². The van der Waals surface area contributed by atoms with Crippen molar-refractivity contribution in [1.29, 1.82) is 0 Å². The Morgan fingerprint density at radius 2 is 1.79 bits per heavy atom. The average molecular weight is 263 g/mol. The second kappa shape index (κ2) is 6.36. The zero-order valence-electron chi connectivity index (χ0n) is 11.6. The molecule has 104 valence electrons. The number of benzene rings is 1. The van der Waals surface area contributed by atoms with Crippen LogP contribution in [0.3, 0.4) is 0 Å². The Balaban J connectivity index is 2.82. The molecule has 1 rings (SSSR count). The lowest BCUT2D eigenvalue weighted by Gasteiger charge is -2.27. The molecule has 0 heterocycles. The number of hydrogen-bond acceptors (Lipinski definition) is 2. The minimum atomic E-state index is -1.11. The van der Waals surface area contributed by atoms with E-state index in [9.17, 15) is 9.59 Å². The molecule has 1 aromatic rings. The molecule has 0 fully saturated rings. The summed E-state index contributed by atoms with van der Waals surface area (Å²) in [6.07, 6.45) is 0.260. The van der Waals surface area contributed by atoms with Crippen LogP contribution in [0.25, 0.3) is 0 Å². The van der Waals surface area contributed by atoms with E-state index in [0.717, 1.165) is 12.0 Å². The van der Waals surface area contributed by atoms with Crippen molar-refractivity contribution in [2.75, 3.05) is 0 Å². The number of carbonyl (C=O) groups is 2. The maximum Gasteiger partial charge on any atom is 0.312 e. The van der Waals surface area contributed by atoms with Crippen LogP contribution in [0.4, 0.5) is 0 Å². The van der Waals surface area contributed by atoms with E-state index < -0.39 is 18.3 Å². The first kappa shape index (κ1) is 15.2. The average Bonchev–Trinajstić information content (AvgIpc) is 2.26. The molecule has 4 heteroatoms. The summed E-state index contributed by atoms with van der Waals surface area (Å²) in [4.78, 5) is 22.2. The number of amides is 1. The highest BCUT2D eigenvalue weighted by molar-refractivity contribution is 5.93. The fraction of sp³-hybridized carbons (Fsp3) is 0.467. The molecule has 0 spiro atoms. The van der Waals surface area contributed by atoms with Crippen LogP contribution < -0.4 is 5.32 Å². The standard InChI is InChI=1S/C15H21NO3/c1-15(2,3)10-12(11-7-5-4-6-8-11)16-13(17)9-14(18)19/h4-8,12H,9-10H2,1-3H3,(H,16,17)(H,18,19).